The molecule has 0 aliphatic rings. The molecular weight excluding hydrogens is 231 g/mol. The van der Waals surface area contributed by atoms with Gasteiger partial charge in [-0.05, 0) is 13.0 Å². The predicted molar refractivity (Wildman–Crippen MR) is 55.0 cm³/mol. The second-order valence-corrected chi connectivity index (χ2v) is 3.45. The monoisotopic (exact) mass is 239 g/mol. The number of hydrogen-bond donors (Lipinski definition) is 0. The van der Waals surface area contributed by atoms with Crippen LogP contribution in [0, 0.1) is 6.92 Å². The Hall–Kier alpha value is -1.98. The van der Waals surface area contributed by atoms with E-state index in [1.54, 1.807) is 0 Å². The molecule has 0 fully saturated rings. The minimum absolute atomic E-state index is 0.0508. The maximum atomic E-state index is 12.7. The molecule has 6 heteroatoms. The zero-order chi connectivity index (χ0) is 12.5. The third-order valence-electron chi connectivity index (χ3n) is 2.25. The lowest BCUT2D eigenvalue weighted by atomic mass is 10.1. The summed E-state index contributed by atoms with van der Waals surface area (Å²) >= 11 is 0. The van der Waals surface area contributed by atoms with Gasteiger partial charge in [0, 0.05) is 29.8 Å². The third kappa shape index (κ3) is 2.41. The molecule has 0 amide bonds. The number of aromatic nitrogens is 3. The average molecular weight is 239 g/mol. The minimum Gasteiger partial charge on any atom is -0.261 e. The highest BCUT2D eigenvalue weighted by molar-refractivity contribution is 5.58. The van der Waals surface area contributed by atoms with Gasteiger partial charge in [-0.25, -0.2) is 0 Å². The van der Waals surface area contributed by atoms with Crippen LogP contribution >= 0.6 is 0 Å². The molecule has 88 valence electrons. The van der Waals surface area contributed by atoms with Crippen LogP contribution in [0.5, 0.6) is 0 Å². The van der Waals surface area contributed by atoms with Crippen molar-refractivity contribution in [3.63, 3.8) is 0 Å². The van der Waals surface area contributed by atoms with Crippen molar-refractivity contribution in [1.29, 1.82) is 0 Å². The summed E-state index contributed by atoms with van der Waals surface area (Å²) in [4.78, 5) is 11.5. The van der Waals surface area contributed by atoms with Gasteiger partial charge >= 0.3 is 6.18 Å². The Morgan fingerprint density at radius 2 is 1.82 bits per heavy atom. The second-order valence-electron chi connectivity index (χ2n) is 3.45. The Labute approximate surface area is 95.4 Å². The van der Waals surface area contributed by atoms with E-state index < -0.39 is 11.7 Å². The Balaban J connectivity index is 2.53. The van der Waals surface area contributed by atoms with Crippen molar-refractivity contribution in [2.45, 2.75) is 13.1 Å². The lowest BCUT2D eigenvalue weighted by Gasteiger charge is -2.10. The summed E-state index contributed by atoms with van der Waals surface area (Å²) in [5.41, 5.74) is -0.132. The molecule has 0 radical (unpaired) electrons. The molecule has 2 rings (SSSR count). The molecular formula is C11H8F3N3. The fourth-order valence-electron chi connectivity index (χ4n) is 1.41. The van der Waals surface area contributed by atoms with E-state index in [0.717, 1.165) is 6.07 Å². The van der Waals surface area contributed by atoms with E-state index in [1.807, 2.05) is 0 Å². The van der Waals surface area contributed by atoms with Crippen LogP contribution in [0.25, 0.3) is 11.3 Å². The van der Waals surface area contributed by atoms with Crippen LogP contribution in [-0.2, 0) is 6.18 Å². The highest BCUT2D eigenvalue weighted by atomic mass is 19.4. The molecule has 17 heavy (non-hydrogen) atoms. The smallest absolute Gasteiger partial charge is 0.261 e. The van der Waals surface area contributed by atoms with Crippen molar-refractivity contribution >= 4 is 0 Å². The van der Waals surface area contributed by atoms with E-state index in [1.165, 1.54) is 31.7 Å². The van der Waals surface area contributed by atoms with E-state index in [9.17, 15) is 13.2 Å². The van der Waals surface area contributed by atoms with E-state index in [2.05, 4.69) is 15.0 Å². The number of halogens is 3. The Kier molecular flexibility index (Phi) is 2.79. The van der Waals surface area contributed by atoms with Gasteiger partial charge in [0.05, 0.1) is 17.5 Å². The lowest BCUT2D eigenvalue weighted by molar-refractivity contribution is -0.138. The maximum Gasteiger partial charge on any atom is 0.418 e. The standard InChI is InChI=1S/C11H8F3N3/c1-7-9(11(12,13)14)4-8(5-17-7)10-6-15-2-3-16-10/h2-6H,1H3. The molecule has 2 aromatic heterocycles. The lowest BCUT2D eigenvalue weighted by Crippen LogP contribution is -2.09. The van der Waals surface area contributed by atoms with Crippen molar-refractivity contribution < 1.29 is 13.2 Å². The molecule has 0 aliphatic heterocycles. The first-order valence-electron chi connectivity index (χ1n) is 4.78. The van der Waals surface area contributed by atoms with Crippen LogP contribution in [0.1, 0.15) is 11.3 Å². The Bertz CT molecular complexity index is 523. The van der Waals surface area contributed by atoms with Crippen molar-refractivity contribution in [2.24, 2.45) is 0 Å². The topological polar surface area (TPSA) is 38.7 Å². The minimum atomic E-state index is -4.41. The van der Waals surface area contributed by atoms with Gasteiger partial charge in [-0.15, -0.1) is 0 Å². The van der Waals surface area contributed by atoms with Crippen LogP contribution < -0.4 is 0 Å². The Morgan fingerprint density at radius 3 is 2.41 bits per heavy atom. The molecule has 0 bridgehead atoms. The van der Waals surface area contributed by atoms with E-state index in [4.69, 9.17) is 0 Å². The van der Waals surface area contributed by atoms with E-state index >= 15 is 0 Å². The normalized spacial score (nSPS) is 11.5. The molecule has 2 aromatic rings. The highest BCUT2D eigenvalue weighted by Gasteiger charge is 2.33. The first-order chi connectivity index (χ1) is 7.98. The molecule has 3 nitrogen and oxygen atoms in total. The summed E-state index contributed by atoms with van der Waals surface area (Å²) in [7, 11) is 0. The first-order valence-corrected chi connectivity index (χ1v) is 4.78. The number of pyridine rings is 1. The average Bonchev–Trinajstić information content (AvgIpc) is 2.29. The maximum absolute atomic E-state index is 12.7. The van der Waals surface area contributed by atoms with Gasteiger partial charge in [0.15, 0.2) is 0 Å². The van der Waals surface area contributed by atoms with Crippen LogP contribution in [0.4, 0.5) is 13.2 Å². The van der Waals surface area contributed by atoms with Gasteiger partial charge in [0.2, 0.25) is 0 Å². The molecule has 0 atom stereocenters. The van der Waals surface area contributed by atoms with Gasteiger partial charge < -0.3 is 0 Å². The van der Waals surface area contributed by atoms with Crippen LogP contribution in [0.3, 0.4) is 0 Å². The Morgan fingerprint density at radius 1 is 1.06 bits per heavy atom. The quantitative estimate of drug-likeness (QED) is 0.768. The molecule has 0 saturated carbocycles. The SMILES string of the molecule is Cc1ncc(-c2cnccn2)cc1C(F)(F)F. The van der Waals surface area contributed by atoms with Gasteiger partial charge in [-0.2, -0.15) is 13.2 Å². The molecule has 2 heterocycles. The summed E-state index contributed by atoms with van der Waals surface area (Å²) in [6.07, 6.45) is 1.22. The second kappa shape index (κ2) is 4.12. The third-order valence-corrected chi connectivity index (χ3v) is 2.25. The molecule has 0 N–H and O–H groups in total. The summed E-state index contributed by atoms with van der Waals surface area (Å²) in [5.74, 6) is 0. The molecule has 0 saturated heterocycles. The molecule has 0 spiro atoms. The molecule has 0 unspecified atom stereocenters. The fourth-order valence-corrected chi connectivity index (χ4v) is 1.41. The summed E-state index contributed by atoms with van der Waals surface area (Å²) in [6.45, 7) is 1.32. The highest BCUT2D eigenvalue weighted by Crippen LogP contribution is 2.33. The summed E-state index contributed by atoms with van der Waals surface area (Å²) in [6, 6.07) is 1.03. The number of alkyl halides is 3. The number of rotatable bonds is 1. The number of hydrogen-bond acceptors (Lipinski definition) is 3. The predicted octanol–water partition coefficient (Wildman–Crippen LogP) is 2.87. The first kappa shape index (κ1) is 11.5. The number of aryl methyl sites for hydroxylation is 1. The van der Waals surface area contributed by atoms with Gasteiger partial charge in [-0.1, -0.05) is 0 Å². The van der Waals surface area contributed by atoms with Crippen molar-refractivity contribution in [3.8, 4) is 11.3 Å². The molecule has 0 aliphatic carbocycles. The molecule has 0 aromatic carbocycles. The van der Waals surface area contributed by atoms with Gasteiger partial charge in [0.1, 0.15) is 0 Å². The summed E-state index contributed by atoms with van der Waals surface area (Å²) in [5, 5.41) is 0. The van der Waals surface area contributed by atoms with Crippen LogP contribution in [-0.4, -0.2) is 15.0 Å². The van der Waals surface area contributed by atoms with Gasteiger partial charge in [0.25, 0.3) is 0 Å². The van der Waals surface area contributed by atoms with Gasteiger partial charge in [-0.3, -0.25) is 15.0 Å². The van der Waals surface area contributed by atoms with Crippen molar-refractivity contribution in [2.75, 3.05) is 0 Å². The van der Waals surface area contributed by atoms with Crippen molar-refractivity contribution in [1.82, 2.24) is 15.0 Å². The van der Waals surface area contributed by atoms with Crippen LogP contribution in [0.2, 0.25) is 0 Å². The zero-order valence-corrected chi connectivity index (χ0v) is 8.86. The number of nitrogens with zero attached hydrogens (tertiary/aromatic N) is 3. The largest absolute Gasteiger partial charge is 0.418 e. The van der Waals surface area contributed by atoms with Crippen LogP contribution in [0.15, 0.2) is 30.9 Å². The van der Waals surface area contributed by atoms with E-state index in [-0.39, 0.29) is 5.69 Å². The fraction of sp³-hybridized carbons (Fsp3) is 0.182. The zero-order valence-electron chi connectivity index (χ0n) is 8.86. The van der Waals surface area contributed by atoms with Crippen molar-refractivity contribution in [3.05, 3.63) is 42.1 Å². The van der Waals surface area contributed by atoms with E-state index in [0.29, 0.717) is 11.3 Å². The summed E-state index contributed by atoms with van der Waals surface area (Å²) < 4.78 is 38.0.